The third-order valence-electron chi connectivity index (χ3n) is 4.06. The van der Waals surface area contributed by atoms with Gasteiger partial charge in [0.1, 0.15) is 17.5 Å². The Kier molecular flexibility index (Phi) is 3.45. The quantitative estimate of drug-likeness (QED) is 0.674. The SMILES string of the molecule is CC1(C)Oc2ccc([N+](=O)[O-])cc2[C@@H](n2ccccc2=O)[C@@H]1O. The van der Waals surface area contributed by atoms with Crippen LogP contribution in [-0.2, 0) is 0 Å². The Morgan fingerprint density at radius 3 is 2.70 bits per heavy atom. The minimum Gasteiger partial charge on any atom is -0.485 e. The van der Waals surface area contributed by atoms with Gasteiger partial charge >= 0.3 is 0 Å². The molecule has 2 aromatic rings. The fourth-order valence-electron chi connectivity index (χ4n) is 2.84. The molecule has 0 unspecified atom stereocenters. The zero-order chi connectivity index (χ0) is 16.8. The first kappa shape index (κ1) is 15.2. The van der Waals surface area contributed by atoms with E-state index in [1.165, 1.54) is 28.8 Å². The van der Waals surface area contributed by atoms with E-state index >= 15 is 0 Å². The molecule has 0 saturated carbocycles. The summed E-state index contributed by atoms with van der Waals surface area (Å²) in [6, 6.07) is 8.09. The summed E-state index contributed by atoms with van der Waals surface area (Å²) in [5, 5.41) is 21.7. The Morgan fingerprint density at radius 2 is 2.04 bits per heavy atom. The van der Waals surface area contributed by atoms with Crippen molar-refractivity contribution < 1.29 is 14.8 Å². The van der Waals surface area contributed by atoms with E-state index in [0.717, 1.165) is 0 Å². The first-order chi connectivity index (χ1) is 10.8. The van der Waals surface area contributed by atoms with Crippen molar-refractivity contribution in [2.24, 2.45) is 0 Å². The van der Waals surface area contributed by atoms with Crippen LogP contribution in [0.5, 0.6) is 5.75 Å². The first-order valence-corrected chi connectivity index (χ1v) is 7.14. The average molecular weight is 316 g/mol. The summed E-state index contributed by atoms with van der Waals surface area (Å²) in [5.74, 6) is 0.423. The predicted octanol–water partition coefficient (Wildman–Crippen LogP) is 1.88. The summed E-state index contributed by atoms with van der Waals surface area (Å²) in [6.45, 7) is 3.42. The van der Waals surface area contributed by atoms with Gasteiger partial charge in [-0.2, -0.15) is 0 Å². The van der Waals surface area contributed by atoms with Gasteiger partial charge in [-0.15, -0.1) is 0 Å². The number of non-ortho nitro benzene ring substituents is 1. The number of pyridine rings is 1. The number of nitrogens with zero attached hydrogens (tertiary/aromatic N) is 2. The van der Waals surface area contributed by atoms with Crippen LogP contribution in [0.15, 0.2) is 47.4 Å². The van der Waals surface area contributed by atoms with Crippen LogP contribution in [0.1, 0.15) is 25.5 Å². The molecule has 0 spiro atoms. The van der Waals surface area contributed by atoms with Crippen molar-refractivity contribution >= 4 is 5.69 Å². The zero-order valence-corrected chi connectivity index (χ0v) is 12.7. The largest absolute Gasteiger partial charge is 0.485 e. The van der Waals surface area contributed by atoms with Gasteiger partial charge in [-0.1, -0.05) is 6.07 Å². The van der Waals surface area contributed by atoms with Crippen LogP contribution < -0.4 is 10.3 Å². The summed E-state index contributed by atoms with van der Waals surface area (Å²) in [6.07, 6.45) is 0.511. The monoisotopic (exact) mass is 316 g/mol. The van der Waals surface area contributed by atoms with Crippen LogP contribution >= 0.6 is 0 Å². The van der Waals surface area contributed by atoms with Crippen LogP contribution in [0.3, 0.4) is 0 Å². The normalized spacial score (nSPS) is 22.0. The maximum absolute atomic E-state index is 12.2. The molecule has 0 fully saturated rings. The minimum atomic E-state index is -1.04. The number of ether oxygens (including phenoxy) is 1. The topological polar surface area (TPSA) is 94.6 Å². The highest BCUT2D eigenvalue weighted by Gasteiger charge is 2.44. The molecule has 23 heavy (non-hydrogen) atoms. The highest BCUT2D eigenvalue weighted by Crippen LogP contribution is 2.42. The van der Waals surface area contributed by atoms with Gasteiger partial charge in [0.05, 0.1) is 11.0 Å². The summed E-state index contributed by atoms with van der Waals surface area (Å²) in [5.41, 5.74) is -0.942. The van der Waals surface area contributed by atoms with E-state index in [0.29, 0.717) is 11.3 Å². The first-order valence-electron chi connectivity index (χ1n) is 7.14. The van der Waals surface area contributed by atoms with E-state index < -0.39 is 22.7 Å². The van der Waals surface area contributed by atoms with Gasteiger partial charge in [-0.25, -0.2) is 0 Å². The molecule has 3 rings (SSSR count). The molecule has 0 saturated heterocycles. The number of benzene rings is 1. The van der Waals surface area contributed by atoms with Gasteiger partial charge in [0.15, 0.2) is 0 Å². The number of fused-ring (bicyclic) bond motifs is 1. The number of aliphatic hydroxyl groups is 1. The van der Waals surface area contributed by atoms with Crippen LogP contribution in [0.2, 0.25) is 0 Å². The molecule has 7 nitrogen and oxygen atoms in total. The van der Waals surface area contributed by atoms with Gasteiger partial charge in [-0.05, 0) is 26.0 Å². The Morgan fingerprint density at radius 1 is 1.30 bits per heavy atom. The molecule has 0 amide bonds. The third-order valence-corrected chi connectivity index (χ3v) is 4.06. The smallest absolute Gasteiger partial charge is 0.270 e. The van der Waals surface area contributed by atoms with Crippen molar-refractivity contribution in [1.29, 1.82) is 0 Å². The second-order valence-corrected chi connectivity index (χ2v) is 6.02. The zero-order valence-electron chi connectivity index (χ0n) is 12.7. The van der Waals surface area contributed by atoms with E-state index in [4.69, 9.17) is 4.74 Å². The van der Waals surface area contributed by atoms with Crippen molar-refractivity contribution in [3.63, 3.8) is 0 Å². The molecule has 1 aliphatic rings. The number of aliphatic hydroxyl groups excluding tert-OH is 1. The van der Waals surface area contributed by atoms with Crippen molar-refractivity contribution in [3.05, 3.63) is 68.6 Å². The van der Waals surface area contributed by atoms with Crippen molar-refractivity contribution in [2.75, 3.05) is 0 Å². The molecule has 120 valence electrons. The summed E-state index contributed by atoms with van der Waals surface area (Å²) in [7, 11) is 0. The van der Waals surface area contributed by atoms with Crippen LogP contribution in [0.4, 0.5) is 5.69 Å². The highest BCUT2D eigenvalue weighted by atomic mass is 16.6. The van der Waals surface area contributed by atoms with Gasteiger partial charge in [0, 0.05) is 30.0 Å². The lowest BCUT2D eigenvalue weighted by atomic mass is 9.86. The fraction of sp³-hybridized carbons (Fsp3) is 0.312. The Labute approximate surface area is 131 Å². The number of rotatable bonds is 2. The Bertz CT molecular complexity index is 827. The van der Waals surface area contributed by atoms with Gasteiger partial charge in [0.25, 0.3) is 11.2 Å². The fourth-order valence-corrected chi connectivity index (χ4v) is 2.84. The van der Waals surface area contributed by atoms with E-state index in [9.17, 15) is 20.0 Å². The Balaban J connectivity index is 2.25. The van der Waals surface area contributed by atoms with E-state index in [-0.39, 0.29) is 11.2 Å². The van der Waals surface area contributed by atoms with E-state index in [2.05, 4.69) is 0 Å². The molecule has 1 N–H and O–H groups in total. The molecule has 0 radical (unpaired) electrons. The van der Waals surface area contributed by atoms with E-state index in [1.54, 1.807) is 32.2 Å². The van der Waals surface area contributed by atoms with Crippen LogP contribution in [0.25, 0.3) is 0 Å². The molecule has 0 bridgehead atoms. The highest BCUT2D eigenvalue weighted by molar-refractivity contribution is 5.48. The van der Waals surface area contributed by atoms with Gasteiger partial charge in [0.2, 0.25) is 0 Å². The summed E-state index contributed by atoms with van der Waals surface area (Å²) in [4.78, 5) is 22.7. The van der Waals surface area contributed by atoms with Crippen molar-refractivity contribution in [3.8, 4) is 5.75 Å². The van der Waals surface area contributed by atoms with Crippen molar-refractivity contribution in [1.82, 2.24) is 4.57 Å². The maximum atomic E-state index is 12.2. The molecule has 1 aromatic carbocycles. The molecule has 2 atom stereocenters. The van der Waals surface area contributed by atoms with Gasteiger partial charge in [-0.3, -0.25) is 14.9 Å². The second kappa shape index (κ2) is 5.20. The molecule has 0 aliphatic carbocycles. The average Bonchev–Trinajstić information content (AvgIpc) is 2.49. The maximum Gasteiger partial charge on any atom is 0.270 e. The minimum absolute atomic E-state index is 0.117. The lowest BCUT2D eigenvalue weighted by molar-refractivity contribution is -0.385. The van der Waals surface area contributed by atoms with Gasteiger partial charge < -0.3 is 14.4 Å². The van der Waals surface area contributed by atoms with Crippen LogP contribution in [-0.4, -0.2) is 26.3 Å². The standard InChI is InChI=1S/C16H16N2O5/c1-16(2)15(20)14(17-8-4-3-5-13(17)19)11-9-10(18(21)22)6-7-12(11)23-16/h3-9,14-15,20H,1-2H3/t14-,15+/m1/s1. The molecule has 1 aliphatic heterocycles. The third kappa shape index (κ3) is 2.49. The number of hydrogen-bond acceptors (Lipinski definition) is 5. The van der Waals surface area contributed by atoms with E-state index in [1.807, 2.05) is 0 Å². The Hall–Kier alpha value is -2.67. The number of hydrogen-bond donors (Lipinski definition) is 1. The van der Waals surface area contributed by atoms with Crippen LogP contribution in [0, 0.1) is 10.1 Å². The second-order valence-electron chi connectivity index (χ2n) is 6.02. The molecule has 7 heteroatoms. The summed E-state index contributed by atoms with van der Waals surface area (Å²) < 4.78 is 7.14. The molecule has 1 aromatic heterocycles. The van der Waals surface area contributed by atoms with Crippen molar-refractivity contribution in [2.45, 2.75) is 31.6 Å². The predicted molar refractivity (Wildman–Crippen MR) is 82.7 cm³/mol. The number of aromatic nitrogens is 1. The molecule has 2 heterocycles. The molecular formula is C16H16N2O5. The lowest BCUT2D eigenvalue weighted by Crippen LogP contribution is -2.52. The number of nitro groups is 1. The molecular weight excluding hydrogens is 300 g/mol. The lowest BCUT2D eigenvalue weighted by Gasteiger charge is -2.42. The summed E-state index contributed by atoms with van der Waals surface area (Å²) >= 11 is 0. The number of nitro benzene ring substituents is 1.